The molecule has 0 unspecified atom stereocenters. The molecule has 1 heterocycles. The third-order valence-electron chi connectivity index (χ3n) is 3.13. The topological polar surface area (TPSA) is 3.24 Å². The third kappa shape index (κ3) is 2.80. The number of hydrogen-bond acceptors (Lipinski definition) is 1. The summed E-state index contributed by atoms with van der Waals surface area (Å²) in [5, 5.41) is 0. The van der Waals surface area contributed by atoms with Crippen LogP contribution in [0.2, 0.25) is 0 Å². The van der Waals surface area contributed by atoms with E-state index in [2.05, 4.69) is 37.2 Å². The first-order chi connectivity index (χ1) is 6.65. The molecule has 0 atom stereocenters. The number of likely N-dealkylation sites (tertiary alicyclic amines) is 1. The van der Waals surface area contributed by atoms with E-state index in [0.717, 1.165) is 30.6 Å². The zero-order chi connectivity index (χ0) is 10.6. The average molecular weight is 191 g/mol. The van der Waals surface area contributed by atoms with E-state index in [0.29, 0.717) is 0 Å². The summed E-state index contributed by atoms with van der Waals surface area (Å²) in [6.45, 7) is 12.8. The van der Waals surface area contributed by atoms with Crippen LogP contribution < -0.4 is 0 Å². The molecule has 1 saturated heterocycles. The number of hydrogen-bond donors (Lipinski definition) is 0. The fourth-order valence-electron chi connectivity index (χ4n) is 2.06. The maximum absolute atomic E-state index is 3.99. The first-order valence-electron chi connectivity index (χ1n) is 5.51. The van der Waals surface area contributed by atoms with Crippen molar-refractivity contribution in [3.05, 3.63) is 12.3 Å². The van der Waals surface area contributed by atoms with Crippen molar-refractivity contribution in [1.29, 1.82) is 0 Å². The predicted molar refractivity (Wildman–Crippen MR) is 61.7 cm³/mol. The quantitative estimate of drug-likeness (QED) is 0.607. The van der Waals surface area contributed by atoms with Gasteiger partial charge in [0.2, 0.25) is 0 Å². The Hall–Kier alpha value is -0.900. The van der Waals surface area contributed by atoms with E-state index in [1.807, 2.05) is 6.92 Å². The van der Waals surface area contributed by atoms with Crippen LogP contribution in [0.4, 0.5) is 0 Å². The van der Waals surface area contributed by atoms with Crippen LogP contribution in [0.15, 0.2) is 12.3 Å². The van der Waals surface area contributed by atoms with Crippen LogP contribution in [0.3, 0.4) is 0 Å². The minimum atomic E-state index is 0.822. The van der Waals surface area contributed by atoms with Crippen molar-refractivity contribution in [3.8, 4) is 11.8 Å². The summed E-state index contributed by atoms with van der Waals surface area (Å²) in [7, 11) is 0. The van der Waals surface area contributed by atoms with Crippen molar-refractivity contribution >= 4 is 0 Å². The van der Waals surface area contributed by atoms with Gasteiger partial charge in [-0.2, -0.15) is 0 Å². The summed E-state index contributed by atoms with van der Waals surface area (Å²) >= 11 is 0. The van der Waals surface area contributed by atoms with E-state index in [1.54, 1.807) is 0 Å². The van der Waals surface area contributed by atoms with Gasteiger partial charge in [0.1, 0.15) is 0 Å². The van der Waals surface area contributed by atoms with Crippen LogP contribution in [0.25, 0.3) is 0 Å². The summed E-state index contributed by atoms with van der Waals surface area (Å²) in [6.07, 6.45) is 2.59. The van der Waals surface area contributed by atoms with Gasteiger partial charge in [-0.1, -0.05) is 32.3 Å². The van der Waals surface area contributed by atoms with Crippen molar-refractivity contribution in [2.24, 2.45) is 11.8 Å². The Kier molecular flexibility index (Phi) is 4.07. The molecule has 1 rings (SSSR count). The van der Waals surface area contributed by atoms with Gasteiger partial charge >= 0.3 is 0 Å². The smallest absolute Gasteiger partial charge is 0.0806 e. The average Bonchev–Trinajstić information content (AvgIpc) is 2.18. The molecule has 1 aliphatic rings. The highest BCUT2D eigenvalue weighted by Gasteiger charge is 2.21. The normalized spacial score (nSPS) is 17.9. The van der Waals surface area contributed by atoms with Gasteiger partial charge in [-0.25, -0.2) is 0 Å². The molecular formula is C13H21N. The number of allylic oxidation sites excluding steroid dienone is 1. The molecular weight excluding hydrogens is 170 g/mol. The fourth-order valence-corrected chi connectivity index (χ4v) is 2.06. The molecule has 0 saturated carbocycles. The zero-order valence-corrected chi connectivity index (χ0v) is 9.64. The van der Waals surface area contributed by atoms with Gasteiger partial charge < -0.3 is 4.90 Å². The van der Waals surface area contributed by atoms with Gasteiger partial charge in [-0.15, -0.1) is 0 Å². The molecule has 1 heteroatoms. The maximum Gasteiger partial charge on any atom is 0.0806 e. The van der Waals surface area contributed by atoms with E-state index in [-0.39, 0.29) is 0 Å². The molecule has 0 spiro atoms. The van der Waals surface area contributed by atoms with Crippen molar-refractivity contribution in [1.82, 2.24) is 4.90 Å². The molecule has 14 heavy (non-hydrogen) atoms. The Morgan fingerprint density at radius 2 is 1.93 bits per heavy atom. The van der Waals surface area contributed by atoms with Crippen LogP contribution in [0.5, 0.6) is 0 Å². The lowest BCUT2D eigenvalue weighted by atomic mass is 9.86. The van der Waals surface area contributed by atoms with Crippen molar-refractivity contribution in [2.45, 2.75) is 33.6 Å². The minimum Gasteiger partial charge on any atom is -0.365 e. The van der Waals surface area contributed by atoms with Crippen molar-refractivity contribution in [2.75, 3.05) is 13.1 Å². The van der Waals surface area contributed by atoms with Gasteiger partial charge in [0, 0.05) is 13.1 Å². The monoisotopic (exact) mass is 191 g/mol. The van der Waals surface area contributed by atoms with Crippen molar-refractivity contribution < 1.29 is 0 Å². The molecule has 1 nitrogen and oxygen atoms in total. The standard InChI is InChI=1S/C13H21N/c1-5-6-12(4)14-9-7-13(8-10-14)11(2)3/h11,13H,4,7-10H2,1-3H3. The lowest BCUT2D eigenvalue weighted by Crippen LogP contribution is -2.34. The van der Waals surface area contributed by atoms with Gasteiger partial charge in [0.05, 0.1) is 5.70 Å². The second-order valence-corrected chi connectivity index (χ2v) is 4.39. The second-order valence-electron chi connectivity index (χ2n) is 4.39. The molecule has 0 bridgehead atoms. The Bertz CT molecular complexity index is 246. The summed E-state index contributed by atoms with van der Waals surface area (Å²) in [5.74, 6) is 7.67. The summed E-state index contributed by atoms with van der Waals surface area (Å²) in [4.78, 5) is 2.31. The van der Waals surface area contributed by atoms with Crippen LogP contribution >= 0.6 is 0 Å². The van der Waals surface area contributed by atoms with Gasteiger partial charge in [-0.3, -0.25) is 0 Å². The molecule has 0 aromatic rings. The largest absolute Gasteiger partial charge is 0.365 e. The summed E-state index contributed by atoms with van der Waals surface area (Å²) in [5.41, 5.74) is 0.995. The first-order valence-corrected chi connectivity index (χ1v) is 5.51. The summed E-state index contributed by atoms with van der Waals surface area (Å²) < 4.78 is 0. The van der Waals surface area contributed by atoms with E-state index >= 15 is 0 Å². The summed E-state index contributed by atoms with van der Waals surface area (Å²) in [6, 6.07) is 0. The highest BCUT2D eigenvalue weighted by Crippen LogP contribution is 2.25. The molecule has 0 amide bonds. The highest BCUT2D eigenvalue weighted by molar-refractivity contribution is 5.23. The molecule has 78 valence electrons. The molecule has 0 radical (unpaired) electrons. The molecule has 0 N–H and O–H groups in total. The predicted octanol–water partition coefficient (Wildman–Crippen LogP) is 2.89. The Morgan fingerprint density at radius 1 is 1.36 bits per heavy atom. The van der Waals surface area contributed by atoms with E-state index in [4.69, 9.17) is 0 Å². The number of rotatable bonds is 2. The van der Waals surface area contributed by atoms with Crippen LogP contribution in [0.1, 0.15) is 33.6 Å². The van der Waals surface area contributed by atoms with Gasteiger partial charge in [0.25, 0.3) is 0 Å². The first kappa shape index (κ1) is 11.2. The molecule has 0 aromatic carbocycles. The number of piperidine rings is 1. The van der Waals surface area contributed by atoms with E-state index < -0.39 is 0 Å². The minimum absolute atomic E-state index is 0.822. The fraction of sp³-hybridized carbons (Fsp3) is 0.692. The molecule has 0 aliphatic carbocycles. The molecule has 1 fully saturated rings. The lowest BCUT2D eigenvalue weighted by Gasteiger charge is -2.34. The highest BCUT2D eigenvalue weighted by atomic mass is 15.1. The molecule has 0 aromatic heterocycles. The Morgan fingerprint density at radius 3 is 2.36 bits per heavy atom. The molecule has 1 aliphatic heterocycles. The van der Waals surface area contributed by atoms with Crippen LogP contribution in [0, 0.1) is 23.7 Å². The van der Waals surface area contributed by atoms with Crippen molar-refractivity contribution in [3.63, 3.8) is 0 Å². The van der Waals surface area contributed by atoms with E-state index in [1.165, 1.54) is 12.8 Å². The zero-order valence-electron chi connectivity index (χ0n) is 9.64. The second kappa shape index (κ2) is 5.10. The maximum atomic E-state index is 3.99. The Labute approximate surface area is 88.2 Å². The SMILES string of the molecule is C=C(C#CC)N1CCC(C(C)C)CC1. The van der Waals surface area contributed by atoms with E-state index in [9.17, 15) is 0 Å². The van der Waals surface area contributed by atoms with Gasteiger partial charge in [-0.05, 0) is 31.6 Å². The van der Waals surface area contributed by atoms with Gasteiger partial charge in [0.15, 0.2) is 0 Å². The number of nitrogens with zero attached hydrogens (tertiary/aromatic N) is 1. The lowest BCUT2D eigenvalue weighted by molar-refractivity contribution is 0.196. The Balaban J connectivity index is 2.42. The van der Waals surface area contributed by atoms with Crippen LogP contribution in [-0.2, 0) is 0 Å². The third-order valence-corrected chi connectivity index (χ3v) is 3.13. The van der Waals surface area contributed by atoms with Crippen LogP contribution in [-0.4, -0.2) is 18.0 Å².